The molecule has 4 rings (SSSR count). The third-order valence-corrected chi connectivity index (χ3v) is 5.65. The zero-order valence-electron chi connectivity index (χ0n) is 18.7. The second kappa shape index (κ2) is 9.24. The van der Waals surface area contributed by atoms with Crippen LogP contribution in [0.5, 0.6) is 0 Å². The van der Waals surface area contributed by atoms with Gasteiger partial charge in [-0.1, -0.05) is 29.8 Å². The van der Waals surface area contributed by atoms with Crippen LogP contribution in [0.4, 0.5) is 10.1 Å². The molecule has 2 amide bonds. The van der Waals surface area contributed by atoms with E-state index in [2.05, 4.69) is 10.7 Å². The van der Waals surface area contributed by atoms with Gasteiger partial charge in [-0.2, -0.15) is 0 Å². The number of hydrogen-bond donors (Lipinski definition) is 2. The van der Waals surface area contributed by atoms with Gasteiger partial charge in [-0.25, -0.2) is 4.39 Å². The molecule has 0 bridgehead atoms. The first-order valence-electron chi connectivity index (χ1n) is 10.7. The fraction of sp³-hybridized carbons (Fsp3) is 0.192. The number of halogens is 1. The molecule has 1 heterocycles. The van der Waals surface area contributed by atoms with Gasteiger partial charge in [0, 0.05) is 36.5 Å². The monoisotopic (exact) mass is 445 g/mol. The van der Waals surface area contributed by atoms with Crippen LogP contribution in [0.3, 0.4) is 0 Å². The summed E-state index contributed by atoms with van der Waals surface area (Å²) in [7, 11) is 3.95. The highest BCUT2D eigenvalue weighted by Crippen LogP contribution is 2.26. The molecule has 2 atom stereocenters. The lowest BCUT2D eigenvalue weighted by atomic mass is 9.98. The van der Waals surface area contributed by atoms with Gasteiger partial charge in [-0.15, -0.1) is 10.1 Å². The summed E-state index contributed by atoms with van der Waals surface area (Å²) < 4.78 is 15.0. The molecule has 0 unspecified atom stereocenters. The molecule has 0 aromatic heterocycles. The fourth-order valence-corrected chi connectivity index (χ4v) is 3.79. The van der Waals surface area contributed by atoms with Crippen molar-refractivity contribution in [3.63, 3.8) is 0 Å². The average Bonchev–Trinajstić information content (AvgIpc) is 3.09. The van der Waals surface area contributed by atoms with Crippen LogP contribution in [0.2, 0.25) is 0 Å². The van der Waals surface area contributed by atoms with E-state index in [0.29, 0.717) is 0 Å². The third-order valence-electron chi connectivity index (χ3n) is 5.65. The van der Waals surface area contributed by atoms with Gasteiger partial charge in [0.25, 0.3) is 5.91 Å². The zero-order valence-corrected chi connectivity index (χ0v) is 18.7. The number of rotatable bonds is 5. The van der Waals surface area contributed by atoms with E-state index in [4.69, 9.17) is 0 Å². The van der Waals surface area contributed by atoms with Gasteiger partial charge in [0.15, 0.2) is 6.04 Å². The molecule has 1 aliphatic rings. The predicted octanol–water partition coefficient (Wildman–Crippen LogP) is 3.22. The van der Waals surface area contributed by atoms with Gasteiger partial charge in [-0.3, -0.25) is 9.59 Å². The Kier molecular flexibility index (Phi) is 6.22. The summed E-state index contributed by atoms with van der Waals surface area (Å²) in [5.41, 5.74) is 7.11. The summed E-state index contributed by atoms with van der Waals surface area (Å²) in [6, 6.07) is 19.7. The second-order valence-corrected chi connectivity index (χ2v) is 8.31. The van der Waals surface area contributed by atoms with E-state index in [1.807, 2.05) is 80.7 Å². The van der Waals surface area contributed by atoms with Crippen molar-refractivity contribution in [1.82, 2.24) is 10.7 Å². The first kappa shape index (κ1) is 22.2. The Balaban J connectivity index is 1.68. The summed E-state index contributed by atoms with van der Waals surface area (Å²) >= 11 is 0. The average molecular weight is 446 g/mol. The minimum absolute atomic E-state index is 0.286. The number of carbonyl (C=O) groups excluding carboxylic acids is 2. The van der Waals surface area contributed by atoms with E-state index < -0.39 is 23.8 Å². The van der Waals surface area contributed by atoms with Crippen LogP contribution in [0.1, 0.15) is 33.1 Å². The standard InChI is InChI=1S/C26H25FN4O2/c1-17-4-8-19(9-5-17)24-23(28-25(32)20-10-12-21(27)13-11-20)26(33)29-31(24)16-18-6-14-22(15-7-18)30(2)3/h4-16,23-24H,1-3H3,(H-,28,29,32,33)/p+1/t23-,24-/m1/s1. The molecule has 0 saturated carbocycles. The highest BCUT2D eigenvalue weighted by molar-refractivity contribution is 5.98. The summed E-state index contributed by atoms with van der Waals surface area (Å²) in [5.74, 6) is -1.19. The Bertz CT molecular complexity index is 1190. The van der Waals surface area contributed by atoms with E-state index in [1.165, 1.54) is 24.3 Å². The molecule has 33 heavy (non-hydrogen) atoms. The number of aryl methyl sites for hydroxylation is 1. The molecule has 3 aromatic carbocycles. The van der Waals surface area contributed by atoms with Gasteiger partial charge in [0.05, 0.1) is 0 Å². The van der Waals surface area contributed by atoms with Gasteiger partial charge >= 0.3 is 5.91 Å². The summed E-state index contributed by atoms with van der Waals surface area (Å²) in [5, 5.41) is 2.83. The van der Waals surface area contributed by atoms with Crippen LogP contribution in [0, 0.1) is 12.7 Å². The Morgan fingerprint density at radius 1 is 1.00 bits per heavy atom. The van der Waals surface area contributed by atoms with E-state index in [0.717, 1.165) is 22.4 Å². The number of hydrazone groups is 1. The lowest BCUT2D eigenvalue weighted by Gasteiger charge is -2.15. The second-order valence-electron chi connectivity index (χ2n) is 8.31. The summed E-state index contributed by atoms with van der Waals surface area (Å²) in [6.07, 6.45) is 1.85. The molecule has 1 saturated heterocycles. The van der Waals surface area contributed by atoms with Crippen LogP contribution in [0.25, 0.3) is 0 Å². The molecule has 168 valence electrons. The molecule has 1 aliphatic heterocycles. The maximum Gasteiger partial charge on any atom is 0.304 e. The van der Waals surface area contributed by atoms with Crippen molar-refractivity contribution in [2.75, 3.05) is 19.0 Å². The minimum Gasteiger partial charge on any atom is -0.378 e. The van der Waals surface area contributed by atoms with Gasteiger partial charge in [0.1, 0.15) is 5.82 Å². The quantitative estimate of drug-likeness (QED) is 0.593. The van der Waals surface area contributed by atoms with Crippen molar-refractivity contribution in [1.29, 1.82) is 0 Å². The first-order chi connectivity index (χ1) is 15.8. The predicted molar refractivity (Wildman–Crippen MR) is 126 cm³/mol. The maximum absolute atomic E-state index is 13.3. The molecular weight excluding hydrogens is 419 g/mol. The van der Waals surface area contributed by atoms with Crippen molar-refractivity contribution in [2.24, 2.45) is 0 Å². The molecule has 1 fully saturated rings. The van der Waals surface area contributed by atoms with Crippen molar-refractivity contribution in [3.05, 3.63) is 101 Å². The molecular formula is C26H26FN4O2+. The van der Waals surface area contributed by atoms with E-state index in [1.54, 1.807) is 4.68 Å². The fourth-order valence-electron chi connectivity index (χ4n) is 3.79. The van der Waals surface area contributed by atoms with Crippen LogP contribution in [-0.4, -0.2) is 42.9 Å². The number of nitrogens with one attached hydrogen (secondary N) is 2. The molecule has 6 nitrogen and oxygen atoms in total. The van der Waals surface area contributed by atoms with Crippen LogP contribution >= 0.6 is 0 Å². The normalized spacial score (nSPS) is 18.8. The van der Waals surface area contributed by atoms with E-state index in [-0.39, 0.29) is 11.5 Å². The van der Waals surface area contributed by atoms with Crippen LogP contribution < -0.4 is 15.6 Å². The van der Waals surface area contributed by atoms with Crippen molar-refractivity contribution in [2.45, 2.75) is 19.0 Å². The van der Waals surface area contributed by atoms with Crippen molar-refractivity contribution in [3.8, 4) is 0 Å². The third kappa shape index (κ3) is 4.92. The molecule has 0 radical (unpaired) electrons. The lowest BCUT2D eigenvalue weighted by Crippen LogP contribution is -2.42. The SMILES string of the molecule is Cc1ccc([C@@H]2[C@@H](NC(=O)c3ccc(F)cc3)C(=O)N/[N+]2=C\c2ccc(N(C)C)cc2)cc1. The lowest BCUT2D eigenvalue weighted by molar-refractivity contribution is -0.596. The summed E-state index contributed by atoms with van der Waals surface area (Å²) in [4.78, 5) is 27.8. The van der Waals surface area contributed by atoms with Crippen molar-refractivity contribution < 1.29 is 18.7 Å². The number of hydrazine groups is 1. The van der Waals surface area contributed by atoms with Gasteiger partial charge < -0.3 is 10.2 Å². The number of benzene rings is 3. The minimum atomic E-state index is -0.831. The zero-order chi connectivity index (χ0) is 23.5. The largest absolute Gasteiger partial charge is 0.378 e. The van der Waals surface area contributed by atoms with E-state index >= 15 is 0 Å². The van der Waals surface area contributed by atoms with Crippen molar-refractivity contribution >= 4 is 23.7 Å². The van der Waals surface area contributed by atoms with Gasteiger partial charge in [-0.05, 0) is 55.5 Å². The number of carbonyl (C=O) groups is 2. The van der Waals surface area contributed by atoms with Crippen LogP contribution in [0.15, 0.2) is 72.8 Å². The smallest absolute Gasteiger partial charge is 0.304 e. The highest BCUT2D eigenvalue weighted by atomic mass is 19.1. The molecule has 2 N–H and O–H groups in total. The Hall–Kier alpha value is -4.00. The molecule has 0 spiro atoms. The maximum atomic E-state index is 13.3. The Labute approximate surface area is 192 Å². The molecule has 0 aliphatic carbocycles. The number of nitrogens with zero attached hydrogens (tertiary/aromatic N) is 2. The Morgan fingerprint density at radius 2 is 1.64 bits per heavy atom. The topological polar surface area (TPSA) is 64.5 Å². The number of amides is 2. The van der Waals surface area contributed by atoms with Crippen LogP contribution in [-0.2, 0) is 4.79 Å². The highest BCUT2D eigenvalue weighted by Gasteiger charge is 2.47. The number of anilines is 1. The Morgan fingerprint density at radius 3 is 2.24 bits per heavy atom. The summed E-state index contributed by atoms with van der Waals surface area (Å²) in [6.45, 7) is 1.99. The first-order valence-corrected chi connectivity index (χ1v) is 10.7. The molecule has 3 aromatic rings. The molecule has 7 heteroatoms. The number of hydrogen-bond acceptors (Lipinski definition) is 3. The van der Waals surface area contributed by atoms with E-state index in [9.17, 15) is 14.0 Å². The van der Waals surface area contributed by atoms with Gasteiger partial charge in [0.2, 0.25) is 12.3 Å².